The Morgan fingerprint density at radius 2 is 1.74 bits per heavy atom. The normalized spacial score (nSPS) is 13.1. The molecule has 0 radical (unpaired) electrons. The summed E-state index contributed by atoms with van der Waals surface area (Å²) in [6.45, 7) is 3.89. The first-order valence-corrected chi connectivity index (χ1v) is 8.01. The molecule has 0 aliphatic carbocycles. The summed E-state index contributed by atoms with van der Waals surface area (Å²) in [6.07, 6.45) is 2.14. The molecule has 1 aromatic rings. The van der Waals surface area contributed by atoms with E-state index in [1.807, 2.05) is 13.8 Å². The van der Waals surface area contributed by atoms with Gasteiger partial charge in [0.1, 0.15) is 0 Å². The molecule has 108 valence electrons. The third kappa shape index (κ3) is 3.41. The highest BCUT2D eigenvalue weighted by Gasteiger charge is 2.26. The molecule has 0 saturated heterocycles. The van der Waals surface area contributed by atoms with E-state index in [9.17, 15) is 8.42 Å². The zero-order valence-electron chi connectivity index (χ0n) is 12.0. The van der Waals surface area contributed by atoms with Crippen LogP contribution in [0.4, 0.5) is 0 Å². The number of benzene rings is 1. The molecule has 1 unspecified atom stereocenters. The van der Waals surface area contributed by atoms with Crippen molar-refractivity contribution < 1.29 is 17.9 Å². The van der Waals surface area contributed by atoms with Crippen molar-refractivity contribution >= 4 is 9.84 Å². The number of methoxy groups -OCH3 is 2. The summed E-state index contributed by atoms with van der Waals surface area (Å²) in [7, 11) is -0.283. The summed E-state index contributed by atoms with van der Waals surface area (Å²) >= 11 is 0. The van der Waals surface area contributed by atoms with Crippen LogP contribution < -0.4 is 9.47 Å². The van der Waals surface area contributed by atoms with Gasteiger partial charge in [0.2, 0.25) is 0 Å². The number of hydrogen-bond donors (Lipinski definition) is 0. The van der Waals surface area contributed by atoms with Crippen molar-refractivity contribution in [2.24, 2.45) is 0 Å². The summed E-state index contributed by atoms with van der Waals surface area (Å²) < 4.78 is 35.3. The van der Waals surface area contributed by atoms with E-state index in [1.165, 1.54) is 20.3 Å². The highest BCUT2D eigenvalue weighted by Crippen LogP contribution is 2.31. The molecule has 1 aromatic carbocycles. The van der Waals surface area contributed by atoms with E-state index in [4.69, 9.17) is 9.47 Å². The Labute approximate surface area is 115 Å². The lowest BCUT2D eigenvalue weighted by molar-refractivity contribution is 0.354. The van der Waals surface area contributed by atoms with Crippen LogP contribution in [0.5, 0.6) is 11.5 Å². The van der Waals surface area contributed by atoms with Gasteiger partial charge in [0.15, 0.2) is 21.3 Å². The van der Waals surface area contributed by atoms with Crippen molar-refractivity contribution in [2.75, 3.05) is 14.2 Å². The maximum absolute atomic E-state index is 12.5. The zero-order valence-corrected chi connectivity index (χ0v) is 12.8. The first kappa shape index (κ1) is 15.8. The summed E-state index contributed by atoms with van der Waals surface area (Å²) in [4.78, 5) is 0.297. The molecule has 0 heterocycles. The first-order chi connectivity index (χ1) is 9.01. The molecule has 0 spiro atoms. The quantitative estimate of drug-likeness (QED) is 0.773. The number of hydrogen-bond acceptors (Lipinski definition) is 4. The van der Waals surface area contributed by atoms with Crippen LogP contribution in [0, 0.1) is 0 Å². The fourth-order valence-corrected chi connectivity index (χ4v) is 3.99. The highest BCUT2D eigenvalue weighted by molar-refractivity contribution is 7.92. The molecule has 0 aliphatic heterocycles. The Hall–Kier alpha value is -1.23. The van der Waals surface area contributed by atoms with Gasteiger partial charge < -0.3 is 9.47 Å². The van der Waals surface area contributed by atoms with Gasteiger partial charge in [-0.3, -0.25) is 0 Å². The van der Waals surface area contributed by atoms with E-state index in [-0.39, 0.29) is 5.25 Å². The Kier molecular flexibility index (Phi) is 5.66. The molecule has 0 aromatic heterocycles. The zero-order chi connectivity index (χ0) is 14.5. The Morgan fingerprint density at radius 3 is 2.21 bits per heavy atom. The van der Waals surface area contributed by atoms with Gasteiger partial charge in [0.25, 0.3) is 0 Å². The van der Waals surface area contributed by atoms with Gasteiger partial charge in [0, 0.05) is 6.07 Å². The molecule has 1 atom stereocenters. The fourth-order valence-electron chi connectivity index (χ4n) is 2.09. The molecule has 4 nitrogen and oxygen atoms in total. The minimum Gasteiger partial charge on any atom is -0.493 e. The van der Waals surface area contributed by atoms with E-state index >= 15 is 0 Å². The second-order valence-electron chi connectivity index (χ2n) is 4.38. The molecule has 0 aliphatic rings. The van der Waals surface area contributed by atoms with Gasteiger partial charge in [-0.25, -0.2) is 8.42 Å². The maximum atomic E-state index is 12.5. The predicted molar refractivity (Wildman–Crippen MR) is 75.7 cm³/mol. The van der Waals surface area contributed by atoms with E-state index < -0.39 is 9.84 Å². The van der Waals surface area contributed by atoms with Crippen LogP contribution in [-0.4, -0.2) is 27.9 Å². The summed E-state index contributed by atoms with van der Waals surface area (Å²) in [5, 5.41) is -0.337. The topological polar surface area (TPSA) is 52.6 Å². The monoisotopic (exact) mass is 286 g/mol. The number of sulfone groups is 1. The van der Waals surface area contributed by atoms with Crippen LogP contribution >= 0.6 is 0 Å². The van der Waals surface area contributed by atoms with Gasteiger partial charge in [0.05, 0.1) is 24.4 Å². The minimum atomic E-state index is -3.31. The maximum Gasteiger partial charge on any atom is 0.181 e. The molecule has 0 fully saturated rings. The van der Waals surface area contributed by atoms with E-state index in [1.54, 1.807) is 12.1 Å². The number of ether oxygens (including phenoxy) is 2. The van der Waals surface area contributed by atoms with Crippen LogP contribution in [0.1, 0.15) is 33.1 Å². The molecular formula is C14H22O4S. The van der Waals surface area contributed by atoms with Crippen LogP contribution in [0.15, 0.2) is 23.1 Å². The van der Waals surface area contributed by atoms with Crippen LogP contribution in [0.2, 0.25) is 0 Å². The van der Waals surface area contributed by atoms with E-state index in [0.717, 1.165) is 6.42 Å². The van der Waals surface area contributed by atoms with Crippen molar-refractivity contribution in [3.05, 3.63) is 18.2 Å². The fraction of sp³-hybridized carbons (Fsp3) is 0.571. The summed E-state index contributed by atoms with van der Waals surface area (Å²) in [5.74, 6) is 0.972. The number of rotatable bonds is 7. The third-order valence-corrected chi connectivity index (χ3v) is 5.55. The van der Waals surface area contributed by atoms with E-state index in [2.05, 4.69) is 0 Å². The lowest BCUT2D eigenvalue weighted by atomic mass is 10.2. The summed E-state index contributed by atoms with van der Waals surface area (Å²) in [6, 6.07) is 4.74. The summed E-state index contributed by atoms with van der Waals surface area (Å²) in [5.41, 5.74) is 0. The molecule has 0 bridgehead atoms. The van der Waals surface area contributed by atoms with Gasteiger partial charge in [-0.2, -0.15) is 0 Å². The second-order valence-corrected chi connectivity index (χ2v) is 6.61. The Balaban J connectivity index is 3.21. The predicted octanol–water partition coefficient (Wildman–Crippen LogP) is 3.06. The smallest absolute Gasteiger partial charge is 0.181 e. The minimum absolute atomic E-state index is 0.297. The molecule has 1 rings (SSSR count). The van der Waals surface area contributed by atoms with Gasteiger partial charge in [-0.05, 0) is 25.0 Å². The highest BCUT2D eigenvalue weighted by atomic mass is 32.2. The van der Waals surface area contributed by atoms with Crippen molar-refractivity contribution in [1.29, 1.82) is 0 Å². The first-order valence-electron chi connectivity index (χ1n) is 6.47. The third-order valence-electron chi connectivity index (χ3n) is 3.19. The van der Waals surface area contributed by atoms with Crippen LogP contribution in [-0.2, 0) is 9.84 Å². The molecular weight excluding hydrogens is 264 g/mol. The average molecular weight is 286 g/mol. The standard InChI is InChI=1S/C14H22O4S/c1-5-7-11(6-2)19(15,16)12-8-9-13(17-3)14(10-12)18-4/h8-11H,5-7H2,1-4H3. The van der Waals surface area contributed by atoms with Crippen LogP contribution in [0.25, 0.3) is 0 Å². The Bertz CT molecular complexity index is 508. The van der Waals surface area contributed by atoms with Crippen molar-refractivity contribution in [3.63, 3.8) is 0 Å². The lowest BCUT2D eigenvalue weighted by Crippen LogP contribution is -2.20. The van der Waals surface area contributed by atoms with Crippen molar-refractivity contribution in [3.8, 4) is 11.5 Å². The second kappa shape index (κ2) is 6.80. The largest absolute Gasteiger partial charge is 0.493 e. The van der Waals surface area contributed by atoms with Crippen LogP contribution in [0.3, 0.4) is 0 Å². The molecule has 5 heteroatoms. The van der Waals surface area contributed by atoms with Gasteiger partial charge in [-0.15, -0.1) is 0 Å². The lowest BCUT2D eigenvalue weighted by Gasteiger charge is -2.16. The van der Waals surface area contributed by atoms with E-state index in [0.29, 0.717) is 29.2 Å². The molecule has 0 N–H and O–H groups in total. The molecule has 19 heavy (non-hydrogen) atoms. The SMILES string of the molecule is CCCC(CC)S(=O)(=O)c1ccc(OC)c(OC)c1. The van der Waals surface area contributed by atoms with Gasteiger partial charge >= 0.3 is 0 Å². The average Bonchev–Trinajstić information content (AvgIpc) is 2.43. The van der Waals surface area contributed by atoms with Crippen molar-refractivity contribution in [1.82, 2.24) is 0 Å². The molecule has 0 amide bonds. The van der Waals surface area contributed by atoms with Crippen molar-refractivity contribution in [2.45, 2.75) is 43.3 Å². The molecule has 0 saturated carbocycles. The van der Waals surface area contributed by atoms with Gasteiger partial charge in [-0.1, -0.05) is 20.3 Å². The Morgan fingerprint density at radius 1 is 1.11 bits per heavy atom.